The Hall–Kier alpha value is -1.16. The Kier molecular flexibility index (Phi) is 4.97. The summed E-state index contributed by atoms with van der Waals surface area (Å²) in [5.74, 6) is 3.66. The van der Waals surface area contributed by atoms with Gasteiger partial charge in [-0.1, -0.05) is 38.1 Å². The van der Waals surface area contributed by atoms with Crippen LogP contribution in [0.15, 0.2) is 29.3 Å². The molecule has 2 aliphatic rings. The summed E-state index contributed by atoms with van der Waals surface area (Å²) in [5, 5.41) is 4.33. The van der Waals surface area contributed by atoms with Gasteiger partial charge in [-0.15, -0.1) is 0 Å². The Labute approximate surface area is 138 Å². The average Bonchev–Trinajstić information content (AvgIpc) is 2.52. The van der Waals surface area contributed by atoms with Crippen LogP contribution in [-0.2, 0) is 6.42 Å². The maximum atomic E-state index is 4.51. The molecule has 0 saturated carbocycles. The molecule has 3 nitrogen and oxygen atoms in total. The fourth-order valence-electron chi connectivity index (χ4n) is 3.36. The van der Waals surface area contributed by atoms with Crippen molar-refractivity contribution in [3.05, 3.63) is 35.4 Å². The van der Waals surface area contributed by atoms with E-state index in [2.05, 4.69) is 65.1 Å². The predicted molar refractivity (Wildman–Crippen MR) is 96.9 cm³/mol. The lowest BCUT2D eigenvalue weighted by atomic mass is 9.78. The van der Waals surface area contributed by atoms with Crippen LogP contribution in [0.1, 0.15) is 30.9 Å². The molecular formula is C18H27N3S. The summed E-state index contributed by atoms with van der Waals surface area (Å²) in [6, 6.07) is 8.80. The minimum atomic E-state index is 0.646. The number of aliphatic imine (C=N–C) groups is 1. The summed E-state index contributed by atoms with van der Waals surface area (Å²) >= 11 is 2.11. The number of guanidine groups is 1. The van der Waals surface area contributed by atoms with Gasteiger partial charge in [-0.05, 0) is 23.5 Å². The lowest BCUT2D eigenvalue weighted by Gasteiger charge is -2.37. The molecule has 1 aromatic carbocycles. The van der Waals surface area contributed by atoms with E-state index in [1.807, 2.05) is 7.05 Å². The molecule has 1 aliphatic carbocycles. The van der Waals surface area contributed by atoms with E-state index in [-0.39, 0.29) is 0 Å². The first-order valence-corrected chi connectivity index (χ1v) is 9.39. The highest BCUT2D eigenvalue weighted by Crippen LogP contribution is 2.34. The minimum absolute atomic E-state index is 0.646. The molecule has 3 rings (SSSR count). The number of nitrogens with one attached hydrogen (secondary N) is 1. The maximum absolute atomic E-state index is 4.51. The van der Waals surface area contributed by atoms with E-state index in [9.17, 15) is 0 Å². The van der Waals surface area contributed by atoms with E-state index >= 15 is 0 Å². The van der Waals surface area contributed by atoms with Crippen molar-refractivity contribution in [3.63, 3.8) is 0 Å². The molecule has 1 saturated heterocycles. The molecule has 0 bridgehead atoms. The van der Waals surface area contributed by atoms with E-state index in [0.29, 0.717) is 5.92 Å². The van der Waals surface area contributed by atoms with Crippen LogP contribution in [0.3, 0.4) is 0 Å². The molecule has 0 aromatic heterocycles. The topological polar surface area (TPSA) is 27.6 Å². The van der Waals surface area contributed by atoms with Gasteiger partial charge in [0.2, 0.25) is 0 Å². The number of rotatable bonds is 3. The van der Waals surface area contributed by atoms with E-state index < -0.39 is 0 Å². The highest BCUT2D eigenvalue weighted by Gasteiger charge is 2.28. The van der Waals surface area contributed by atoms with Crippen molar-refractivity contribution in [2.45, 2.75) is 31.4 Å². The monoisotopic (exact) mass is 317 g/mol. The zero-order chi connectivity index (χ0) is 15.5. The van der Waals surface area contributed by atoms with Crippen molar-refractivity contribution in [1.29, 1.82) is 0 Å². The molecule has 2 unspecified atom stereocenters. The number of fused-ring (bicyclic) bond motifs is 1. The Bertz CT molecular complexity index is 541. The molecule has 2 atom stereocenters. The van der Waals surface area contributed by atoms with Crippen LogP contribution >= 0.6 is 11.8 Å². The smallest absolute Gasteiger partial charge is 0.193 e. The van der Waals surface area contributed by atoms with Crippen molar-refractivity contribution in [3.8, 4) is 0 Å². The molecule has 22 heavy (non-hydrogen) atoms. The third-order valence-corrected chi connectivity index (χ3v) is 6.36. The van der Waals surface area contributed by atoms with Crippen LogP contribution in [0, 0.1) is 5.92 Å². The van der Waals surface area contributed by atoms with Gasteiger partial charge in [0, 0.05) is 43.6 Å². The van der Waals surface area contributed by atoms with E-state index in [0.717, 1.165) is 36.8 Å². The fraction of sp³-hybridized carbons (Fsp3) is 0.611. The summed E-state index contributed by atoms with van der Waals surface area (Å²) in [5.41, 5.74) is 3.03. The highest BCUT2D eigenvalue weighted by molar-refractivity contribution is 8.00. The summed E-state index contributed by atoms with van der Waals surface area (Å²) in [6.07, 6.45) is 1.20. The summed E-state index contributed by atoms with van der Waals surface area (Å²) in [7, 11) is 1.91. The first-order valence-electron chi connectivity index (χ1n) is 8.34. The number of nitrogens with zero attached hydrogens (tertiary/aromatic N) is 2. The third kappa shape index (κ3) is 3.27. The van der Waals surface area contributed by atoms with Crippen LogP contribution in [-0.4, -0.2) is 48.5 Å². The first kappa shape index (κ1) is 15.7. The summed E-state index contributed by atoms with van der Waals surface area (Å²) in [6.45, 7) is 7.86. The van der Waals surface area contributed by atoms with Gasteiger partial charge in [0.15, 0.2) is 5.96 Å². The third-order valence-electron chi connectivity index (χ3n) is 4.82. The van der Waals surface area contributed by atoms with Crippen LogP contribution in [0.5, 0.6) is 0 Å². The van der Waals surface area contributed by atoms with Crippen molar-refractivity contribution < 1.29 is 0 Å². The van der Waals surface area contributed by atoms with Crippen LogP contribution in [0.25, 0.3) is 0 Å². The van der Waals surface area contributed by atoms with Crippen LogP contribution in [0.4, 0.5) is 0 Å². The van der Waals surface area contributed by atoms with Gasteiger partial charge in [-0.25, -0.2) is 0 Å². The quantitative estimate of drug-likeness (QED) is 0.686. The Balaban J connectivity index is 1.55. The minimum Gasteiger partial charge on any atom is -0.356 e. The van der Waals surface area contributed by atoms with Crippen molar-refractivity contribution in [2.24, 2.45) is 10.9 Å². The first-order chi connectivity index (χ1) is 10.7. The standard InChI is InChI=1S/C18H27N3S/c1-13(2)17-12-21(8-9-22-17)18(19-3)20-11-15-10-14-6-4-5-7-16(14)15/h4-7,13,15,17H,8-12H2,1-3H3,(H,19,20). The second-order valence-electron chi connectivity index (χ2n) is 6.63. The zero-order valence-electron chi connectivity index (χ0n) is 13.9. The molecule has 1 fully saturated rings. The molecule has 4 heteroatoms. The number of thioether (sulfide) groups is 1. The molecule has 1 aromatic rings. The molecule has 1 aliphatic heterocycles. The van der Waals surface area contributed by atoms with Gasteiger partial charge in [0.25, 0.3) is 0 Å². The van der Waals surface area contributed by atoms with Gasteiger partial charge >= 0.3 is 0 Å². The van der Waals surface area contributed by atoms with Gasteiger partial charge < -0.3 is 10.2 Å². The summed E-state index contributed by atoms with van der Waals surface area (Å²) < 4.78 is 0. The fourth-order valence-corrected chi connectivity index (χ4v) is 4.66. The largest absolute Gasteiger partial charge is 0.356 e. The summed E-state index contributed by atoms with van der Waals surface area (Å²) in [4.78, 5) is 6.95. The van der Waals surface area contributed by atoms with Gasteiger partial charge in [-0.2, -0.15) is 11.8 Å². The average molecular weight is 318 g/mol. The molecule has 0 radical (unpaired) electrons. The maximum Gasteiger partial charge on any atom is 0.193 e. The normalized spacial score (nSPS) is 24.9. The van der Waals surface area contributed by atoms with Gasteiger partial charge in [0.1, 0.15) is 0 Å². The molecular weight excluding hydrogens is 290 g/mol. The van der Waals surface area contributed by atoms with Crippen molar-refractivity contribution in [2.75, 3.05) is 32.4 Å². The van der Waals surface area contributed by atoms with Crippen LogP contribution in [0.2, 0.25) is 0 Å². The number of hydrogen-bond acceptors (Lipinski definition) is 2. The lowest BCUT2D eigenvalue weighted by Crippen LogP contribution is -2.50. The zero-order valence-corrected chi connectivity index (χ0v) is 14.7. The molecule has 0 spiro atoms. The van der Waals surface area contributed by atoms with Gasteiger partial charge in [0.05, 0.1) is 0 Å². The molecule has 1 N–H and O–H groups in total. The Morgan fingerprint density at radius 1 is 1.41 bits per heavy atom. The second-order valence-corrected chi connectivity index (χ2v) is 7.97. The van der Waals surface area contributed by atoms with E-state index in [1.54, 1.807) is 0 Å². The molecule has 1 heterocycles. The number of benzene rings is 1. The number of hydrogen-bond donors (Lipinski definition) is 1. The van der Waals surface area contributed by atoms with E-state index in [1.165, 1.54) is 23.3 Å². The SMILES string of the molecule is CN=C(NCC1Cc2ccccc21)N1CCSC(C(C)C)C1. The second kappa shape index (κ2) is 6.95. The highest BCUT2D eigenvalue weighted by atomic mass is 32.2. The lowest BCUT2D eigenvalue weighted by molar-refractivity contribution is 0.378. The molecule has 0 amide bonds. The Morgan fingerprint density at radius 3 is 2.95 bits per heavy atom. The predicted octanol–water partition coefficient (Wildman–Crippen LogP) is 2.98. The van der Waals surface area contributed by atoms with Crippen molar-refractivity contribution in [1.82, 2.24) is 10.2 Å². The molecule has 120 valence electrons. The Morgan fingerprint density at radius 2 is 2.23 bits per heavy atom. The van der Waals surface area contributed by atoms with Crippen molar-refractivity contribution >= 4 is 17.7 Å². The van der Waals surface area contributed by atoms with Gasteiger partial charge in [-0.3, -0.25) is 4.99 Å². The van der Waals surface area contributed by atoms with E-state index in [4.69, 9.17) is 0 Å². The van der Waals surface area contributed by atoms with Crippen LogP contribution < -0.4 is 5.32 Å².